The van der Waals surface area contributed by atoms with Crippen LogP contribution in [0.4, 0.5) is 0 Å². The Morgan fingerprint density at radius 3 is 2.86 bits per heavy atom. The molecule has 0 radical (unpaired) electrons. The number of aryl methyl sites for hydroxylation is 1. The first-order valence-corrected chi connectivity index (χ1v) is 8.59. The molecule has 1 aromatic heterocycles. The van der Waals surface area contributed by atoms with E-state index in [1.165, 1.54) is 11.3 Å². The number of hydrogen-bond donors (Lipinski definition) is 0. The first-order valence-electron chi connectivity index (χ1n) is 7.78. The van der Waals surface area contributed by atoms with Gasteiger partial charge in [0.1, 0.15) is 4.88 Å². The molecule has 0 aromatic carbocycles. The second-order valence-corrected chi connectivity index (χ2v) is 6.83. The number of hydrogen-bond acceptors (Lipinski definition) is 5. The summed E-state index contributed by atoms with van der Waals surface area (Å²) in [7, 11) is 0. The summed E-state index contributed by atoms with van der Waals surface area (Å²) in [5.41, 5.74) is 0. The Bertz CT molecular complexity index is 499. The maximum Gasteiger partial charge on any atom is 0.265 e. The van der Waals surface area contributed by atoms with Crippen LogP contribution in [-0.4, -0.2) is 65.6 Å². The highest BCUT2D eigenvalue weighted by Crippen LogP contribution is 2.26. The fourth-order valence-corrected chi connectivity index (χ4v) is 4.13. The zero-order valence-electron chi connectivity index (χ0n) is 12.7. The molecule has 0 bridgehead atoms. The van der Waals surface area contributed by atoms with Crippen molar-refractivity contribution >= 4 is 17.2 Å². The topological polar surface area (TPSA) is 45.7 Å². The Balaban J connectivity index is 1.67. The average Bonchev–Trinajstić information content (AvgIpc) is 3.14. The van der Waals surface area contributed by atoms with Crippen LogP contribution in [0.1, 0.15) is 34.9 Å². The van der Waals surface area contributed by atoms with Gasteiger partial charge in [-0.15, -0.1) is 11.3 Å². The van der Waals surface area contributed by atoms with E-state index in [1.807, 2.05) is 4.90 Å². The average molecular weight is 309 g/mol. The summed E-state index contributed by atoms with van der Waals surface area (Å²) in [6.45, 7) is 8.68. The number of morpholine rings is 1. The molecule has 2 aliphatic rings. The third-order valence-corrected chi connectivity index (χ3v) is 5.69. The summed E-state index contributed by atoms with van der Waals surface area (Å²) >= 11 is 1.53. The summed E-state index contributed by atoms with van der Waals surface area (Å²) < 4.78 is 5.42. The van der Waals surface area contributed by atoms with Crippen molar-refractivity contribution < 1.29 is 9.53 Å². The summed E-state index contributed by atoms with van der Waals surface area (Å²) in [5.74, 6) is 0.149. The van der Waals surface area contributed by atoms with Crippen LogP contribution in [0.5, 0.6) is 0 Å². The number of nitrogens with zero attached hydrogens (tertiary/aromatic N) is 3. The molecule has 0 saturated carbocycles. The third-order valence-electron chi connectivity index (χ3n) is 4.56. The minimum atomic E-state index is 0.149. The number of carbonyl (C=O) groups is 1. The molecule has 21 heavy (non-hydrogen) atoms. The van der Waals surface area contributed by atoms with Crippen molar-refractivity contribution in [1.82, 2.24) is 14.8 Å². The van der Waals surface area contributed by atoms with E-state index in [0.29, 0.717) is 6.04 Å². The van der Waals surface area contributed by atoms with Crippen molar-refractivity contribution in [1.29, 1.82) is 0 Å². The number of aromatic nitrogens is 1. The Morgan fingerprint density at radius 1 is 1.43 bits per heavy atom. The third kappa shape index (κ3) is 2.98. The van der Waals surface area contributed by atoms with Crippen LogP contribution < -0.4 is 0 Å². The molecule has 1 aromatic rings. The van der Waals surface area contributed by atoms with Gasteiger partial charge in [0.15, 0.2) is 0 Å². The molecule has 1 amide bonds. The minimum Gasteiger partial charge on any atom is -0.379 e. The maximum atomic E-state index is 12.7. The largest absolute Gasteiger partial charge is 0.379 e. The van der Waals surface area contributed by atoms with E-state index in [4.69, 9.17) is 4.74 Å². The molecule has 2 atom stereocenters. The van der Waals surface area contributed by atoms with Gasteiger partial charge in [-0.25, -0.2) is 4.98 Å². The number of ether oxygens (including phenoxy) is 1. The van der Waals surface area contributed by atoms with Crippen molar-refractivity contribution in [2.75, 3.05) is 32.8 Å². The van der Waals surface area contributed by atoms with Crippen molar-refractivity contribution in [2.24, 2.45) is 0 Å². The maximum absolute atomic E-state index is 12.7. The minimum absolute atomic E-state index is 0.149. The Morgan fingerprint density at radius 2 is 2.19 bits per heavy atom. The van der Waals surface area contributed by atoms with E-state index in [0.717, 1.165) is 55.6 Å². The lowest BCUT2D eigenvalue weighted by molar-refractivity contribution is 0.0105. The molecule has 3 heterocycles. The van der Waals surface area contributed by atoms with Crippen molar-refractivity contribution in [3.63, 3.8) is 0 Å². The highest BCUT2D eigenvalue weighted by Gasteiger charge is 2.38. The highest BCUT2D eigenvalue weighted by molar-refractivity contribution is 7.13. The van der Waals surface area contributed by atoms with Gasteiger partial charge in [0, 0.05) is 31.7 Å². The van der Waals surface area contributed by atoms with Gasteiger partial charge in [-0.1, -0.05) is 6.92 Å². The van der Waals surface area contributed by atoms with Gasteiger partial charge in [0.25, 0.3) is 5.91 Å². The number of rotatable bonds is 3. The zero-order chi connectivity index (χ0) is 14.8. The van der Waals surface area contributed by atoms with E-state index in [1.54, 1.807) is 6.20 Å². The molecule has 0 spiro atoms. The lowest BCUT2D eigenvalue weighted by Crippen LogP contribution is -2.49. The Labute approximate surface area is 129 Å². The van der Waals surface area contributed by atoms with Gasteiger partial charge < -0.3 is 9.64 Å². The van der Waals surface area contributed by atoms with E-state index < -0.39 is 0 Å². The van der Waals surface area contributed by atoms with Gasteiger partial charge in [0.05, 0.1) is 24.4 Å². The molecular weight excluding hydrogens is 286 g/mol. The van der Waals surface area contributed by atoms with Crippen molar-refractivity contribution in [3.05, 3.63) is 16.1 Å². The van der Waals surface area contributed by atoms with E-state index in [-0.39, 0.29) is 11.9 Å². The van der Waals surface area contributed by atoms with Crippen molar-refractivity contribution in [3.8, 4) is 0 Å². The molecule has 0 unspecified atom stereocenters. The van der Waals surface area contributed by atoms with E-state index in [9.17, 15) is 4.79 Å². The fourth-order valence-electron chi connectivity index (χ4n) is 3.32. The predicted molar refractivity (Wildman–Crippen MR) is 82.8 cm³/mol. The Hall–Kier alpha value is -0.980. The molecule has 6 heteroatoms. The van der Waals surface area contributed by atoms with Crippen LogP contribution in [0, 0.1) is 0 Å². The number of amides is 1. The first-order chi connectivity index (χ1) is 10.2. The molecule has 0 N–H and O–H groups in total. The monoisotopic (exact) mass is 309 g/mol. The highest BCUT2D eigenvalue weighted by atomic mass is 32.1. The molecule has 2 saturated heterocycles. The van der Waals surface area contributed by atoms with E-state index in [2.05, 4.69) is 23.7 Å². The van der Waals surface area contributed by atoms with Crippen LogP contribution >= 0.6 is 11.3 Å². The molecule has 0 aliphatic carbocycles. The van der Waals surface area contributed by atoms with Gasteiger partial charge >= 0.3 is 0 Å². The fraction of sp³-hybridized carbons (Fsp3) is 0.733. The quantitative estimate of drug-likeness (QED) is 0.851. The smallest absolute Gasteiger partial charge is 0.265 e. The van der Waals surface area contributed by atoms with Gasteiger partial charge in [0.2, 0.25) is 0 Å². The van der Waals surface area contributed by atoms with Crippen molar-refractivity contribution in [2.45, 2.75) is 38.8 Å². The lowest BCUT2D eigenvalue weighted by Gasteiger charge is -2.35. The molecular formula is C15H23N3O2S. The number of thiazole rings is 1. The summed E-state index contributed by atoms with van der Waals surface area (Å²) in [5, 5.41) is 1.04. The summed E-state index contributed by atoms with van der Waals surface area (Å²) in [4.78, 5) is 22.3. The van der Waals surface area contributed by atoms with Gasteiger partial charge in [-0.2, -0.15) is 0 Å². The normalized spacial score (nSPS) is 27.2. The van der Waals surface area contributed by atoms with Crippen LogP contribution in [0.25, 0.3) is 0 Å². The standard InChI is InChI=1S/C15H23N3O2S/c1-3-14-16-10-13(21-14)15(19)18-5-4-12(11(18)2)17-6-8-20-9-7-17/h10-12H,3-9H2,1-2H3/t11-,12-/m1/s1. The van der Waals surface area contributed by atoms with Crippen LogP contribution in [0.3, 0.4) is 0 Å². The summed E-state index contributed by atoms with van der Waals surface area (Å²) in [6.07, 6.45) is 3.69. The molecule has 2 fully saturated rings. The second-order valence-electron chi connectivity index (χ2n) is 5.72. The predicted octanol–water partition coefficient (Wildman–Crippen LogP) is 1.64. The number of likely N-dealkylation sites (tertiary alicyclic amines) is 1. The van der Waals surface area contributed by atoms with Crippen LogP contribution in [-0.2, 0) is 11.2 Å². The lowest BCUT2D eigenvalue weighted by atomic mass is 10.1. The first kappa shape index (κ1) is 14.9. The summed E-state index contributed by atoms with van der Waals surface area (Å²) in [6, 6.07) is 0.735. The Kier molecular flexibility index (Phi) is 4.57. The molecule has 5 nitrogen and oxygen atoms in total. The zero-order valence-corrected chi connectivity index (χ0v) is 13.6. The van der Waals surface area contributed by atoms with Crippen LogP contribution in [0.15, 0.2) is 6.20 Å². The second kappa shape index (κ2) is 6.42. The van der Waals surface area contributed by atoms with E-state index >= 15 is 0 Å². The van der Waals surface area contributed by atoms with Gasteiger partial charge in [-0.3, -0.25) is 9.69 Å². The molecule has 2 aliphatic heterocycles. The van der Waals surface area contributed by atoms with Crippen LogP contribution in [0.2, 0.25) is 0 Å². The molecule has 116 valence electrons. The SMILES string of the molecule is CCc1ncc(C(=O)N2CC[C@@H](N3CCOCC3)[C@H]2C)s1. The molecule has 3 rings (SSSR count). The number of carbonyl (C=O) groups excluding carboxylic acids is 1. The van der Waals surface area contributed by atoms with Gasteiger partial charge in [-0.05, 0) is 19.8 Å².